The average Bonchev–Trinajstić information content (AvgIpc) is 3.17. The minimum atomic E-state index is -1.31. The maximum absolute atomic E-state index is 10.4. The number of allylic oxidation sites excluding steroid dienone is 20. The summed E-state index contributed by atoms with van der Waals surface area (Å²) < 4.78 is 23.7. The minimum Gasteiger partial charge on any atom is -0.388 e. The Balaban J connectivity index is 1.25. The van der Waals surface area contributed by atoms with Crippen LogP contribution in [0.1, 0.15) is 109 Å². The van der Waals surface area contributed by atoms with Gasteiger partial charge < -0.3 is 49.6 Å². The molecule has 0 aromatic rings. The number of rotatable bonds is 14. The van der Waals surface area contributed by atoms with E-state index in [1.807, 2.05) is 12.2 Å². The van der Waals surface area contributed by atoms with Crippen LogP contribution in [0.4, 0.5) is 0 Å². The molecule has 0 aromatic carbocycles. The zero-order chi connectivity index (χ0) is 46.1. The van der Waals surface area contributed by atoms with Crippen molar-refractivity contribution >= 4 is 0 Å². The molecule has 2 fully saturated rings. The van der Waals surface area contributed by atoms with Crippen LogP contribution in [0.15, 0.2) is 130 Å². The van der Waals surface area contributed by atoms with Gasteiger partial charge in [-0.15, -0.1) is 0 Å². The van der Waals surface area contributed by atoms with Gasteiger partial charge in [-0.3, -0.25) is 0 Å². The summed E-state index contributed by atoms with van der Waals surface area (Å²) in [5.74, 6) is 0. The lowest BCUT2D eigenvalue weighted by Gasteiger charge is -2.43. The van der Waals surface area contributed by atoms with Crippen molar-refractivity contribution < 1.29 is 49.6 Å². The molecule has 4 rings (SSSR count). The molecule has 2 aliphatic carbocycles. The highest BCUT2D eigenvalue weighted by atomic mass is 16.7. The maximum Gasteiger partial charge on any atom is 0.186 e. The summed E-state index contributed by atoms with van der Waals surface area (Å²) in [7, 11) is 0. The summed E-state index contributed by atoms with van der Waals surface area (Å²) in [5, 5.41) is 61.4. The van der Waals surface area contributed by atoms with Crippen LogP contribution in [-0.4, -0.2) is 104 Å². The van der Waals surface area contributed by atoms with Gasteiger partial charge in [0.05, 0.1) is 24.4 Å². The molecule has 0 amide bonds. The highest BCUT2D eigenvalue weighted by molar-refractivity contribution is 5.39. The predicted molar refractivity (Wildman–Crippen MR) is 247 cm³/mol. The molecule has 0 radical (unpaired) electrons. The van der Waals surface area contributed by atoms with Crippen molar-refractivity contribution in [1.82, 2.24) is 0 Å². The second-order valence-electron chi connectivity index (χ2n) is 19.3. The smallest absolute Gasteiger partial charge is 0.186 e. The van der Waals surface area contributed by atoms with Crippen molar-refractivity contribution in [2.45, 2.75) is 182 Å². The number of aliphatic hydroxyl groups is 6. The molecule has 0 spiro atoms. The van der Waals surface area contributed by atoms with Crippen LogP contribution in [0.3, 0.4) is 0 Å². The molecule has 10 heteroatoms. The molecule has 0 saturated carbocycles. The number of hydrogen-bond acceptors (Lipinski definition) is 10. The molecule has 2 heterocycles. The van der Waals surface area contributed by atoms with Crippen molar-refractivity contribution in [3.05, 3.63) is 130 Å². The van der Waals surface area contributed by atoms with Crippen LogP contribution >= 0.6 is 0 Å². The zero-order valence-electron chi connectivity index (χ0n) is 39.2. The summed E-state index contributed by atoms with van der Waals surface area (Å²) in [6.07, 6.45) is 21.1. The molecule has 0 unspecified atom stereocenters. The molecule has 4 aliphatic rings. The van der Waals surface area contributed by atoms with E-state index >= 15 is 0 Å². The molecule has 6 N–H and O–H groups in total. The molecule has 10 nitrogen and oxygen atoms in total. The molecule has 12 atom stereocenters. The third-order valence-electron chi connectivity index (χ3n) is 12.5. The topological polar surface area (TPSA) is 158 Å². The van der Waals surface area contributed by atoms with Gasteiger partial charge in [0, 0.05) is 0 Å². The van der Waals surface area contributed by atoms with Gasteiger partial charge in [-0.05, 0) is 103 Å². The Hall–Kier alpha value is -3.26. The van der Waals surface area contributed by atoms with Gasteiger partial charge in [-0.2, -0.15) is 0 Å². The number of hydrogen-bond donors (Lipinski definition) is 6. The first-order chi connectivity index (χ1) is 29.0. The molecule has 0 bridgehead atoms. The van der Waals surface area contributed by atoms with Crippen LogP contribution < -0.4 is 0 Å². The number of ether oxygens (including phenoxy) is 4. The minimum absolute atomic E-state index is 0.170. The Kier molecular flexibility index (Phi) is 18.7. The van der Waals surface area contributed by atoms with E-state index in [1.165, 1.54) is 22.3 Å². The van der Waals surface area contributed by atoms with Crippen molar-refractivity contribution in [2.24, 2.45) is 10.8 Å². The van der Waals surface area contributed by atoms with Gasteiger partial charge >= 0.3 is 0 Å². The summed E-state index contributed by atoms with van der Waals surface area (Å²) in [4.78, 5) is 0. The molecule has 344 valence electrons. The van der Waals surface area contributed by atoms with Crippen molar-refractivity contribution in [3.63, 3.8) is 0 Å². The second kappa shape index (κ2) is 22.6. The third-order valence-corrected chi connectivity index (χ3v) is 12.5. The SMILES string of the molecule is CC1=C(/C=C/C(C)=C\C=C/C(C)=C/C=C/C=C(C)/C=C/C=C(C)/C=C/C2=C(C)C[C@@H](O[C@@H]3O[C@@H](C)[C@H](O)[C@@H](O)[C@H]3O)CC2(C)C)C(C)(C)C[C@H](O[C@@H]2O[C@@H](C)[C@H](O)[C@@H](O)[C@H]2O)C1. The van der Waals surface area contributed by atoms with E-state index in [1.54, 1.807) is 13.8 Å². The van der Waals surface area contributed by atoms with Crippen molar-refractivity contribution in [1.29, 1.82) is 0 Å². The summed E-state index contributed by atoms with van der Waals surface area (Å²) in [5.41, 5.74) is 9.11. The first kappa shape index (κ1) is 51.4. The fourth-order valence-electron chi connectivity index (χ4n) is 8.89. The normalized spacial score (nSPS) is 35.8. The van der Waals surface area contributed by atoms with E-state index in [0.717, 1.165) is 35.1 Å². The first-order valence-electron chi connectivity index (χ1n) is 22.2. The van der Waals surface area contributed by atoms with Gasteiger partial charge in [0.15, 0.2) is 12.6 Å². The lowest BCUT2D eigenvalue weighted by atomic mass is 9.71. The van der Waals surface area contributed by atoms with Crippen LogP contribution in [0.5, 0.6) is 0 Å². The van der Waals surface area contributed by atoms with Crippen molar-refractivity contribution in [3.8, 4) is 0 Å². The first-order valence-corrected chi connectivity index (χ1v) is 22.2. The Labute approximate surface area is 371 Å². The van der Waals surface area contributed by atoms with E-state index in [4.69, 9.17) is 18.9 Å². The van der Waals surface area contributed by atoms with Gasteiger partial charge in [0.25, 0.3) is 0 Å². The highest BCUT2D eigenvalue weighted by Gasteiger charge is 2.46. The van der Waals surface area contributed by atoms with E-state index in [2.05, 4.69) is 142 Å². The van der Waals surface area contributed by atoms with Gasteiger partial charge in [-0.25, -0.2) is 0 Å². The maximum atomic E-state index is 10.4. The lowest BCUT2D eigenvalue weighted by molar-refractivity contribution is -0.305. The van der Waals surface area contributed by atoms with Crippen LogP contribution in [-0.2, 0) is 18.9 Å². The Morgan fingerprint density at radius 3 is 1.16 bits per heavy atom. The summed E-state index contributed by atoms with van der Waals surface area (Å²) in [6.45, 7) is 24.6. The predicted octanol–water partition coefficient (Wildman–Crippen LogP) is 8.25. The van der Waals surface area contributed by atoms with Gasteiger partial charge in [0.2, 0.25) is 0 Å². The van der Waals surface area contributed by atoms with E-state index < -0.39 is 61.4 Å². The summed E-state index contributed by atoms with van der Waals surface area (Å²) in [6, 6.07) is 0. The molecule has 62 heavy (non-hydrogen) atoms. The monoisotopic (exact) mass is 861 g/mol. The Morgan fingerprint density at radius 2 is 0.823 bits per heavy atom. The summed E-state index contributed by atoms with van der Waals surface area (Å²) >= 11 is 0. The molecule has 2 aliphatic heterocycles. The largest absolute Gasteiger partial charge is 0.388 e. The highest BCUT2D eigenvalue weighted by Crippen LogP contribution is 2.44. The molecular weight excluding hydrogens is 785 g/mol. The van der Waals surface area contributed by atoms with Crippen LogP contribution in [0.2, 0.25) is 0 Å². The third kappa shape index (κ3) is 14.1. The van der Waals surface area contributed by atoms with E-state index in [9.17, 15) is 30.6 Å². The average molecular weight is 861 g/mol. The number of aliphatic hydroxyl groups excluding tert-OH is 6. The second-order valence-corrected chi connectivity index (χ2v) is 19.3. The molecule has 2 saturated heterocycles. The fourth-order valence-corrected chi connectivity index (χ4v) is 8.89. The standard InChI is InChI=1S/C52H76O10/c1-31(19-15-21-33(3)23-25-41-35(5)27-39(29-51(41,9)10)61-49-47(57)45(55)43(53)37(7)59-49)17-13-14-18-32(2)20-16-22-34(4)24-26-42-36(6)28-40(30-52(42,11)12)62-50-48(58)46(56)44(54)38(8)60-50/h13-26,37-40,43-50,53-58H,27-30H2,1-12H3/b14-13+,19-15-,20-16+,25-23+,26-24+,31-17+,32-18+,33-21-,34-22+/t37-,38-,39+,40+,43-,44-,45+,46+,47+,48+,49-,50-/m0/s1. The van der Waals surface area contributed by atoms with Crippen LogP contribution in [0.25, 0.3) is 0 Å². The Morgan fingerprint density at radius 1 is 0.500 bits per heavy atom. The fraction of sp³-hybridized carbons (Fsp3) is 0.577. The quantitative estimate of drug-likeness (QED) is 0.0940. The van der Waals surface area contributed by atoms with Crippen molar-refractivity contribution in [2.75, 3.05) is 0 Å². The zero-order valence-corrected chi connectivity index (χ0v) is 39.2. The lowest BCUT2D eigenvalue weighted by Crippen LogP contribution is -2.58. The Bertz CT molecular complexity index is 1750. The van der Waals surface area contributed by atoms with Gasteiger partial charge in [0.1, 0.15) is 36.6 Å². The van der Waals surface area contributed by atoms with Crippen LogP contribution in [0, 0.1) is 10.8 Å². The molecular formula is C52H76O10. The van der Waals surface area contributed by atoms with E-state index in [0.29, 0.717) is 12.8 Å². The van der Waals surface area contributed by atoms with Gasteiger partial charge in [-0.1, -0.05) is 146 Å². The van der Waals surface area contributed by atoms with E-state index in [-0.39, 0.29) is 23.0 Å². The molecule has 0 aromatic heterocycles.